The minimum absolute atomic E-state index is 0.0235. The zero-order chi connectivity index (χ0) is 27.3. The number of benzene rings is 3. The summed E-state index contributed by atoms with van der Waals surface area (Å²) in [6.07, 6.45) is 4.96. The van der Waals surface area contributed by atoms with E-state index in [2.05, 4.69) is 11.9 Å². The second-order valence-electron chi connectivity index (χ2n) is 7.85. The van der Waals surface area contributed by atoms with Gasteiger partial charge in [-0.3, -0.25) is 4.79 Å². The van der Waals surface area contributed by atoms with E-state index in [1.165, 1.54) is 24.3 Å². The Morgan fingerprint density at radius 1 is 0.838 bits per heavy atom. The molecule has 10 heteroatoms. The van der Waals surface area contributed by atoms with E-state index in [4.69, 9.17) is 10.2 Å². The Morgan fingerprint density at radius 2 is 1.38 bits per heavy atom. The molecular formula is C27H31N3O6S. The summed E-state index contributed by atoms with van der Waals surface area (Å²) in [4.78, 5) is 12.9. The van der Waals surface area contributed by atoms with Crippen LogP contribution in [0.1, 0.15) is 11.1 Å². The lowest BCUT2D eigenvalue weighted by atomic mass is 10.1. The number of primary sulfonamides is 1. The molecular weight excluding hydrogens is 494 g/mol. The van der Waals surface area contributed by atoms with E-state index in [-0.39, 0.29) is 28.1 Å². The Labute approximate surface area is 216 Å². The van der Waals surface area contributed by atoms with Gasteiger partial charge < -0.3 is 25.5 Å². The molecule has 0 bridgehead atoms. The van der Waals surface area contributed by atoms with Gasteiger partial charge in [-0.05, 0) is 53.6 Å². The number of rotatable bonds is 4. The van der Waals surface area contributed by atoms with E-state index in [0.717, 1.165) is 31.7 Å². The topological polar surface area (TPSA) is 153 Å². The quantitative estimate of drug-likeness (QED) is 0.259. The monoisotopic (exact) mass is 525 g/mol. The van der Waals surface area contributed by atoms with Gasteiger partial charge in [0.1, 0.15) is 17.2 Å². The normalized spacial score (nSPS) is 13.1. The number of sulfonamides is 1. The number of piperazine rings is 1. The van der Waals surface area contributed by atoms with Crippen LogP contribution in [0.5, 0.6) is 17.2 Å². The highest BCUT2D eigenvalue weighted by atomic mass is 32.2. The van der Waals surface area contributed by atoms with Crippen molar-refractivity contribution in [2.45, 2.75) is 4.90 Å². The number of carbonyl (C=O) groups is 1. The number of nitrogens with zero attached hydrogens (tertiary/aromatic N) is 1. The van der Waals surface area contributed by atoms with E-state index in [1.807, 2.05) is 6.08 Å². The average molecular weight is 526 g/mol. The Hall–Kier alpha value is -4.12. The van der Waals surface area contributed by atoms with E-state index in [0.29, 0.717) is 5.56 Å². The molecule has 0 saturated carbocycles. The third kappa shape index (κ3) is 11.0. The van der Waals surface area contributed by atoms with Crippen molar-refractivity contribution in [2.24, 2.45) is 5.14 Å². The molecule has 37 heavy (non-hydrogen) atoms. The third-order valence-electron chi connectivity index (χ3n) is 4.96. The number of aromatic hydroxyl groups is 3. The Kier molecular flexibility index (Phi) is 11.4. The second-order valence-corrected chi connectivity index (χ2v) is 9.41. The van der Waals surface area contributed by atoms with Gasteiger partial charge in [0.2, 0.25) is 15.9 Å². The molecule has 1 fully saturated rings. The predicted octanol–water partition coefficient (Wildman–Crippen LogP) is 2.91. The molecule has 1 aliphatic heterocycles. The Balaban J connectivity index is 0.000000208. The highest BCUT2D eigenvalue weighted by molar-refractivity contribution is 7.89. The van der Waals surface area contributed by atoms with Crippen molar-refractivity contribution < 1.29 is 28.5 Å². The molecule has 1 aliphatic rings. The first-order chi connectivity index (χ1) is 17.6. The molecule has 1 heterocycles. The number of carbonyl (C=O) groups excluding carboxylic acids is 1. The molecule has 6 N–H and O–H groups in total. The summed E-state index contributed by atoms with van der Waals surface area (Å²) in [7, 11) is -3.50. The molecule has 0 spiro atoms. The van der Waals surface area contributed by atoms with E-state index in [1.54, 1.807) is 65.6 Å². The van der Waals surface area contributed by atoms with Gasteiger partial charge in [-0.25, -0.2) is 13.6 Å². The van der Waals surface area contributed by atoms with Crippen LogP contribution in [0, 0.1) is 0 Å². The van der Waals surface area contributed by atoms with E-state index < -0.39 is 10.0 Å². The van der Waals surface area contributed by atoms with Gasteiger partial charge in [0, 0.05) is 32.2 Å². The zero-order valence-corrected chi connectivity index (χ0v) is 21.0. The van der Waals surface area contributed by atoms with Gasteiger partial charge in [-0.15, -0.1) is 0 Å². The lowest BCUT2D eigenvalue weighted by molar-refractivity contribution is -0.126. The predicted molar refractivity (Wildman–Crippen MR) is 144 cm³/mol. The first-order valence-corrected chi connectivity index (χ1v) is 12.8. The molecule has 0 aromatic heterocycles. The van der Waals surface area contributed by atoms with Crippen LogP contribution in [-0.4, -0.2) is 60.7 Å². The number of hydrogen-bond acceptors (Lipinski definition) is 7. The smallest absolute Gasteiger partial charge is 0.246 e. The van der Waals surface area contributed by atoms with Gasteiger partial charge in [0.15, 0.2) is 0 Å². The van der Waals surface area contributed by atoms with Crippen LogP contribution in [0.3, 0.4) is 0 Å². The number of nitrogens with one attached hydrogen (secondary N) is 1. The molecule has 1 saturated heterocycles. The standard InChI is InChI=1S/C14H12O3.C7H12N2O.C6H7NO2S/c15-12-5-3-10(4-6-12)1-2-11-7-13(16)9-14(17)8-11;1-2-7(10)9-5-3-8-4-6-9;7-10(8,9)6-4-2-1-3-5-6/h1-9,15-17H;2,8H,1,3-6H2;1-5H,(H2,7,8,9). The highest BCUT2D eigenvalue weighted by Crippen LogP contribution is 2.22. The van der Waals surface area contributed by atoms with Gasteiger partial charge in [0.05, 0.1) is 4.90 Å². The summed E-state index contributed by atoms with van der Waals surface area (Å²) in [5.41, 5.74) is 1.63. The number of phenols is 3. The molecule has 0 atom stereocenters. The number of hydrogen-bond donors (Lipinski definition) is 5. The molecule has 1 amide bonds. The maximum absolute atomic E-state index is 10.9. The van der Waals surface area contributed by atoms with Gasteiger partial charge >= 0.3 is 0 Å². The molecule has 4 rings (SSSR count). The van der Waals surface area contributed by atoms with Crippen molar-refractivity contribution in [1.82, 2.24) is 10.2 Å². The van der Waals surface area contributed by atoms with Gasteiger partial charge in [-0.2, -0.15) is 0 Å². The molecule has 0 radical (unpaired) electrons. The molecule has 0 aliphatic carbocycles. The van der Waals surface area contributed by atoms with Crippen molar-refractivity contribution in [3.05, 3.63) is 96.6 Å². The SMILES string of the molecule is C=CC(=O)N1CCNCC1.NS(=O)(=O)c1ccccc1.Oc1ccc(C=Cc2cc(O)cc(O)c2)cc1. The number of nitrogens with two attached hydrogens (primary N) is 1. The summed E-state index contributed by atoms with van der Waals surface area (Å²) in [6.45, 7) is 6.85. The fourth-order valence-electron chi connectivity index (χ4n) is 3.12. The van der Waals surface area contributed by atoms with Crippen LogP contribution in [0.4, 0.5) is 0 Å². The van der Waals surface area contributed by atoms with Crippen LogP contribution in [0.25, 0.3) is 12.2 Å². The maximum Gasteiger partial charge on any atom is 0.246 e. The minimum Gasteiger partial charge on any atom is -0.508 e. The number of phenolic OH excluding ortho intramolecular Hbond substituents is 3. The molecule has 196 valence electrons. The second kappa shape index (κ2) is 14.4. The average Bonchev–Trinajstić information content (AvgIpc) is 2.89. The van der Waals surface area contributed by atoms with Crippen molar-refractivity contribution in [2.75, 3.05) is 26.2 Å². The first kappa shape index (κ1) is 29.1. The lowest BCUT2D eigenvalue weighted by Gasteiger charge is -2.25. The van der Waals surface area contributed by atoms with Crippen LogP contribution < -0.4 is 10.5 Å². The summed E-state index contributed by atoms with van der Waals surface area (Å²) in [5, 5.41) is 35.7. The molecule has 9 nitrogen and oxygen atoms in total. The van der Waals surface area contributed by atoms with E-state index >= 15 is 0 Å². The van der Waals surface area contributed by atoms with Gasteiger partial charge in [-0.1, -0.05) is 49.1 Å². The summed E-state index contributed by atoms with van der Waals surface area (Å²) in [6, 6.07) is 19.0. The Morgan fingerprint density at radius 3 is 1.86 bits per heavy atom. The van der Waals surface area contributed by atoms with Crippen molar-refractivity contribution in [3.8, 4) is 17.2 Å². The number of amides is 1. The third-order valence-corrected chi connectivity index (χ3v) is 5.89. The zero-order valence-electron chi connectivity index (χ0n) is 20.2. The van der Waals surface area contributed by atoms with Crippen LogP contribution in [0.15, 0.2) is 90.3 Å². The fourth-order valence-corrected chi connectivity index (χ4v) is 3.65. The first-order valence-electron chi connectivity index (χ1n) is 11.3. The Bertz CT molecular complexity index is 1270. The fraction of sp³-hybridized carbons (Fsp3) is 0.148. The van der Waals surface area contributed by atoms with Gasteiger partial charge in [0.25, 0.3) is 0 Å². The van der Waals surface area contributed by atoms with Crippen molar-refractivity contribution >= 4 is 28.1 Å². The van der Waals surface area contributed by atoms with Crippen molar-refractivity contribution in [3.63, 3.8) is 0 Å². The highest BCUT2D eigenvalue weighted by Gasteiger charge is 2.12. The largest absolute Gasteiger partial charge is 0.508 e. The molecule has 3 aromatic rings. The van der Waals surface area contributed by atoms with E-state index in [9.17, 15) is 23.4 Å². The summed E-state index contributed by atoms with van der Waals surface area (Å²) < 4.78 is 21.2. The maximum atomic E-state index is 10.9. The summed E-state index contributed by atoms with van der Waals surface area (Å²) in [5.74, 6) is 0.310. The van der Waals surface area contributed by atoms with Crippen molar-refractivity contribution in [1.29, 1.82) is 0 Å². The van der Waals surface area contributed by atoms with Crippen LogP contribution in [-0.2, 0) is 14.8 Å². The molecule has 3 aromatic carbocycles. The lowest BCUT2D eigenvalue weighted by Crippen LogP contribution is -2.45. The van der Waals surface area contributed by atoms with Crippen LogP contribution >= 0.6 is 0 Å². The molecule has 0 unspecified atom stereocenters. The van der Waals surface area contributed by atoms with Crippen LogP contribution in [0.2, 0.25) is 0 Å². The summed E-state index contributed by atoms with van der Waals surface area (Å²) >= 11 is 0. The minimum atomic E-state index is -3.50.